The second kappa shape index (κ2) is 7.84. The number of halogens is 2. The molecule has 0 spiro atoms. The van der Waals surface area contributed by atoms with Crippen LogP contribution in [0.3, 0.4) is 0 Å². The van der Waals surface area contributed by atoms with E-state index in [1.807, 2.05) is 19.1 Å². The number of ether oxygens (including phenoxy) is 1. The molecule has 6 heteroatoms. The van der Waals surface area contributed by atoms with Gasteiger partial charge in [0.1, 0.15) is 0 Å². The molecule has 124 valence electrons. The molecule has 1 aromatic heterocycles. The largest absolute Gasteiger partial charge is 0.408 e. The fraction of sp³-hybridized carbons (Fsp3) is 0.412. The lowest BCUT2D eigenvalue weighted by atomic mass is 10.0. The van der Waals surface area contributed by atoms with Crippen molar-refractivity contribution in [3.8, 4) is 5.88 Å². The third-order valence-electron chi connectivity index (χ3n) is 3.52. The number of carbonyl (C=O) groups excluding carboxylic acids is 1. The van der Waals surface area contributed by atoms with Crippen LogP contribution in [0.25, 0.3) is 0 Å². The van der Waals surface area contributed by atoms with Gasteiger partial charge in [-0.05, 0) is 31.0 Å². The van der Waals surface area contributed by atoms with Crippen molar-refractivity contribution < 1.29 is 9.53 Å². The molecule has 0 fully saturated rings. The number of benzene rings is 1. The predicted molar refractivity (Wildman–Crippen MR) is 92.4 cm³/mol. The Hall–Kier alpha value is -1.52. The fourth-order valence-corrected chi connectivity index (χ4v) is 2.71. The van der Waals surface area contributed by atoms with Gasteiger partial charge in [-0.25, -0.2) is 4.68 Å². The second-order valence-electron chi connectivity index (χ2n) is 5.37. The van der Waals surface area contributed by atoms with Crippen LogP contribution in [-0.2, 0) is 4.79 Å². The minimum absolute atomic E-state index is 0.0666. The first-order valence-corrected chi connectivity index (χ1v) is 8.43. The molecule has 2 aromatic rings. The Morgan fingerprint density at radius 1 is 1.26 bits per heavy atom. The van der Waals surface area contributed by atoms with Crippen LogP contribution < -0.4 is 4.74 Å². The highest BCUT2D eigenvalue weighted by Gasteiger charge is 2.21. The maximum absolute atomic E-state index is 11.7. The van der Waals surface area contributed by atoms with Crippen molar-refractivity contribution >= 4 is 29.2 Å². The molecule has 0 saturated heterocycles. The minimum Gasteiger partial charge on any atom is -0.408 e. The summed E-state index contributed by atoms with van der Waals surface area (Å²) in [5, 5.41) is 5.52. The van der Waals surface area contributed by atoms with Crippen LogP contribution in [0.15, 0.2) is 24.3 Å². The number of aromatic nitrogens is 2. The van der Waals surface area contributed by atoms with Gasteiger partial charge in [-0.1, -0.05) is 49.5 Å². The van der Waals surface area contributed by atoms with Gasteiger partial charge in [-0.2, -0.15) is 5.10 Å². The van der Waals surface area contributed by atoms with Crippen LogP contribution in [0.5, 0.6) is 5.88 Å². The highest BCUT2D eigenvalue weighted by Crippen LogP contribution is 2.32. The standard InChI is InChI=1S/C17H20Cl2N2O2/c1-4-6-15(12-7-8-13(18)14(19)10-12)21-16(9-11(3)20-21)23-17(22)5-2/h7-10,15H,4-6H2,1-3H3. The number of rotatable bonds is 6. The molecule has 0 aliphatic rings. The summed E-state index contributed by atoms with van der Waals surface area (Å²) in [4.78, 5) is 11.7. The summed E-state index contributed by atoms with van der Waals surface area (Å²) in [6, 6.07) is 7.25. The molecule has 23 heavy (non-hydrogen) atoms. The van der Waals surface area contributed by atoms with Crippen LogP contribution in [0, 0.1) is 6.92 Å². The van der Waals surface area contributed by atoms with Gasteiger partial charge in [0, 0.05) is 12.5 Å². The molecular weight excluding hydrogens is 335 g/mol. The highest BCUT2D eigenvalue weighted by molar-refractivity contribution is 6.42. The number of hydrogen-bond acceptors (Lipinski definition) is 3. The van der Waals surface area contributed by atoms with E-state index in [0.717, 1.165) is 24.1 Å². The Labute approximate surface area is 146 Å². The SMILES string of the molecule is CCCC(c1ccc(Cl)c(Cl)c1)n1nc(C)cc1OC(=O)CC. The van der Waals surface area contributed by atoms with Gasteiger partial charge in [-0.3, -0.25) is 4.79 Å². The molecule has 0 bridgehead atoms. The van der Waals surface area contributed by atoms with E-state index in [1.54, 1.807) is 23.7 Å². The third kappa shape index (κ3) is 4.27. The van der Waals surface area contributed by atoms with E-state index < -0.39 is 0 Å². The summed E-state index contributed by atoms with van der Waals surface area (Å²) >= 11 is 12.2. The van der Waals surface area contributed by atoms with Gasteiger partial charge in [0.25, 0.3) is 0 Å². The van der Waals surface area contributed by atoms with Crippen LogP contribution in [-0.4, -0.2) is 15.7 Å². The molecule has 1 aromatic carbocycles. The zero-order chi connectivity index (χ0) is 17.0. The molecule has 2 rings (SSSR count). The normalized spacial score (nSPS) is 12.2. The molecule has 0 N–H and O–H groups in total. The quantitative estimate of drug-likeness (QED) is 0.669. The molecule has 1 unspecified atom stereocenters. The van der Waals surface area contributed by atoms with E-state index >= 15 is 0 Å². The monoisotopic (exact) mass is 354 g/mol. The molecule has 4 nitrogen and oxygen atoms in total. The third-order valence-corrected chi connectivity index (χ3v) is 4.26. The summed E-state index contributed by atoms with van der Waals surface area (Å²) in [5.74, 6) is 0.175. The van der Waals surface area contributed by atoms with Crippen molar-refractivity contribution in [1.29, 1.82) is 0 Å². The number of esters is 1. The molecule has 0 radical (unpaired) electrons. The van der Waals surface area contributed by atoms with E-state index in [9.17, 15) is 4.79 Å². The first kappa shape index (κ1) is 17.8. The van der Waals surface area contributed by atoms with Gasteiger partial charge < -0.3 is 4.74 Å². The van der Waals surface area contributed by atoms with Crippen LogP contribution in [0.4, 0.5) is 0 Å². The van der Waals surface area contributed by atoms with Crippen molar-refractivity contribution in [2.24, 2.45) is 0 Å². The lowest BCUT2D eigenvalue weighted by molar-refractivity contribution is -0.134. The van der Waals surface area contributed by atoms with Gasteiger partial charge in [-0.15, -0.1) is 0 Å². The Morgan fingerprint density at radius 2 is 2.00 bits per heavy atom. The van der Waals surface area contributed by atoms with Crippen LogP contribution >= 0.6 is 23.2 Å². The van der Waals surface area contributed by atoms with Gasteiger partial charge >= 0.3 is 5.97 Å². The van der Waals surface area contributed by atoms with Crippen molar-refractivity contribution in [2.75, 3.05) is 0 Å². The van der Waals surface area contributed by atoms with E-state index in [-0.39, 0.29) is 12.0 Å². The van der Waals surface area contributed by atoms with Gasteiger partial charge in [0.05, 0.1) is 21.8 Å². The molecule has 0 aliphatic heterocycles. The van der Waals surface area contributed by atoms with Crippen molar-refractivity contribution in [3.05, 3.63) is 45.6 Å². The maximum atomic E-state index is 11.7. The zero-order valence-corrected chi connectivity index (χ0v) is 15.0. The van der Waals surface area contributed by atoms with Crippen LogP contribution in [0.1, 0.15) is 50.4 Å². The predicted octanol–water partition coefficient (Wildman–Crippen LogP) is 5.20. The summed E-state index contributed by atoms with van der Waals surface area (Å²) in [6.45, 7) is 5.73. The molecule has 0 aliphatic carbocycles. The van der Waals surface area contributed by atoms with Crippen molar-refractivity contribution in [2.45, 2.75) is 46.1 Å². The lowest BCUT2D eigenvalue weighted by Crippen LogP contribution is -2.16. The molecule has 0 amide bonds. The molecule has 0 saturated carbocycles. The average molecular weight is 355 g/mol. The average Bonchev–Trinajstić information content (AvgIpc) is 2.87. The number of nitrogens with zero attached hydrogens (tertiary/aromatic N) is 2. The Kier molecular flexibility index (Phi) is 6.08. The fourth-order valence-electron chi connectivity index (χ4n) is 2.40. The smallest absolute Gasteiger partial charge is 0.312 e. The molecule has 1 atom stereocenters. The summed E-state index contributed by atoms with van der Waals surface area (Å²) in [6.07, 6.45) is 2.11. The lowest BCUT2D eigenvalue weighted by Gasteiger charge is -2.20. The Balaban J connectivity index is 2.44. The van der Waals surface area contributed by atoms with Gasteiger partial charge in [0.2, 0.25) is 5.88 Å². The molecule has 1 heterocycles. The first-order valence-electron chi connectivity index (χ1n) is 7.68. The topological polar surface area (TPSA) is 44.1 Å². The van der Waals surface area contributed by atoms with Crippen molar-refractivity contribution in [3.63, 3.8) is 0 Å². The summed E-state index contributed by atoms with van der Waals surface area (Å²) < 4.78 is 7.18. The Morgan fingerprint density at radius 3 is 2.61 bits per heavy atom. The number of aryl methyl sites for hydroxylation is 1. The minimum atomic E-state index is -0.282. The number of carbonyl (C=O) groups is 1. The van der Waals surface area contributed by atoms with E-state index in [4.69, 9.17) is 27.9 Å². The summed E-state index contributed by atoms with van der Waals surface area (Å²) in [7, 11) is 0. The van der Waals surface area contributed by atoms with Gasteiger partial charge in [0.15, 0.2) is 0 Å². The summed E-state index contributed by atoms with van der Waals surface area (Å²) in [5.41, 5.74) is 1.78. The van der Waals surface area contributed by atoms with Crippen LogP contribution in [0.2, 0.25) is 10.0 Å². The Bertz CT molecular complexity index is 698. The molecular formula is C17H20Cl2N2O2. The number of hydrogen-bond donors (Lipinski definition) is 0. The van der Waals surface area contributed by atoms with E-state index in [2.05, 4.69) is 12.0 Å². The maximum Gasteiger partial charge on any atom is 0.312 e. The van der Waals surface area contributed by atoms with E-state index in [1.165, 1.54) is 0 Å². The van der Waals surface area contributed by atoms with Crippen molar-refractivity contribution in [1.82, 2.24) is 9.78 Å². The first-order chi connectivity index (χ1) is 11.0. The second-order valence-corrected chi connectivity index (χ2v) is 6.19. The van der Waals surface area contributed by atoms with E-state index in [0.29, 0.717) is 22.3 Å². The highest BCUT2D eigenvalue weighted by atomic mass is 35.5. The zero-order valence-electron chi connectivity index (χ0n) is 13.5.